The van der Waals surface area contributed by atoms with Gasteiger partial charge in [-0.3, -0.25) is 4.79 Å². The van der Waals surface area contributed by atoms with Gasteiger partial charge in [0.1, 0.15) is 10.6 Å². The molecule has 0 spiro atoms. The second-order valence-electron chi connectivity index (χ2n) is 5.48. The third-order valence-corrected chi connectivity index (χ3v) is 5.51. The lowest BCUT2D eigenvalue weighted by Gasteiger charge is -2.38. The Hall–Kier alpha value is -2.71. The first kappa shape index (κ1) is 17.1. The molecule has 8 heteroatoms. The van der Waals surface area contributed by atoms with Crippen LogP contribution in [0.3, 0.4) is 0 Å². The fraction of sp³-hybridized carbons (Fsp3) is 0.176. The van der Waals surface area contributed by atoms with Crippen LogP contribution in [0.1, 0.15) is 0 Å². The Balaban J connectivity index is 1.63. The van der Waals surface area contributed by atoms with Crippen LogP contribution < -0.4 is 10.1 Å². The van der Waals surface area contributed by atoms with Gasteiger partial charge >= 0.3 is 0 Å². The Bertz CT molecular complexity index is 861. The summed E-state index contributed by atoms with van der Waals surface area (Å²) < 4.78 is 31.8. The minimum absolute atomic E-state index is 0.0846. The molecule has 0 radical (unpaired) electrons. The molecule has 0 saturated carbocycles. The summed E-state index contributed by atoms with van der Waals surface area (Å²) >= 11 is 0. The number of hydrogen-bond acceptors (Lipinski definition) is 5. The molecule has 1 N–H and O–H groups in total. The molecule has 1 amide bonds. The molecule has 1 fully saturated rings. The Morgan fingerprint density at radius 1 is 1.24 bits per heavy atom. The third kappa shape index (κ3) is 3.86. The number of carbonyl (C=O) groups is 1. The number of rotatable bonds is 6. The van der Waals surface area contributed by atoms with Crippen molar-refractivity contribution in [2.24, 2.45) is 0 Å². The topological polar surface area (TPSA) is 88.6 Å². The number of amides is 1. The van der Waals surface area contributed by atoms with Crippen molar-refractivity contribution in [3.63, 3.8) is 0 Å². The van der Waals surface area contributed by atoms with Gasteiger partial charge in [0.2, 0.25) is 21.8 Å². The summed E-state index contributed by atoms with van der Waals surface area (Å²) in [6.07, 6.45) is 2.43. The number of para-hydroxylation sites is 1. The number of nitrogens with zero attached hydrogens (tertiary/aromatic N) is 2. The molecule has 1 aromatic carbocycles. The van der Waals surface area contributed by atoms with Crippen molar-refractivity contribution in [3.8, 4) is 11.6 Å². The van der Waals surface area contributed by atoms with Crippen LogP contribution in [0.4, 0.5) is 0 Å². The lowest BCUT2D eigenvalue weighted by Crippen LogP contribution is -2.60. The van der Waals surface area contributed by atoms with Crippen molar-refractivity contribution >= 4 is 15.9 Å². The first-order valence-corrected chi connectivity index (χ1v) is 9.05. The second kappa shape index (κ2) is 7.04. The normalized spacial score (nSPS) is 15.2. The highest BCUT2D eigenvalue weighted by molar-refractivity contribution is 7.89. The van der Waals surface area contributed by atoms with Gasteiger partial charge in [0.25, 0.3) is 0 Å². The van der Waals surface area contributed by atoms with Crippen LogP contribution in [-0.4, -0.2) is 42.7 Å². The number of benzene rings is 1. The van der Waals surface area contributed by atoms with E-state index in [0.717, 1.165) is 6.08 Å². The fourth-order valence-electron chi connectivity index (χ4n) is 2.32. The number of pyridine rings is 1. The zero-order valence-corrected chi connectivity index (χ0v) is 14.1. The number of nitrogens with one attached hydrogen (secondary N) is 1. The van der Waals surface area contributed by atoms with E-state index in [0.29, 0.717) is 11.6 Å². The highest BCUT2D eigenvalue weighted by Crippen LogP contribution is 2.24. The van der Waals surface area contributed by atoms with Gasteiger partial charge in [0.05, 0.1) is 12.2 Å². The maximum absolute atomic E-state index is 12.5. The van der Waals surface area contributed by atoms with E-state index in [4.69, 9.17) is 4.74 Å². The monoisotopic (exact) mass is 359 g/mol. The number of sulfonamides is 1. The molecule has 2 aromatic rings. The zero-order valence-electron chi connectivity index (χ0n) is 13.3. The minimum atomic E-state index is -3.63. The summed E-state index contributed by atoms with van der Waals surface area (Å²) in [5, 5.41) is 2.66. The van der Waals surface area contributed by atoms with E-state index in [9.17, 15) is 13.2 Å². The predicted molar refractivity (Wildman–Crippen MR) is 91.6 cm³/mol. The van der Waals surface area contributed by atoms with Crippen molar-refractivity contribution in [2.75, 3.05) is 13.1 Å². The van der Waals surface area contributed by atoms with Crippen molar-refractivity contribution in [2.45, 2.75) is 10.9 Å². The Kier molecular flexibility index (Phi) is 4.82. The number of aromatic nitrogens is 1. The lowest BCUT2D eigenvalue weighted by molar-refractivity contribution is -0.117. The Morgan fingerprint density at radius 2 is 1.96 bits per heavy atom. The molecule has 1 aliphatic heterocycles. The molecule has 0 aliphatic carbocycles. The van der Waals surface area contributed by atoms with E-state index in [-0.39, 0.29) is 29.9 Å². The number of carbonyl (C=O) groups excluding carboxylic acids is 1. The van der Waals surface area contributed by atoms with E-state index in [1.165, 1.54) is 22.6 Å². The molecule has 2 heterocycles. The summed E-state index contributed by atoms with van der Waals surface area (Å²) in [5.41, 5.74) is 0. The maximum atomic E-state index is 12.5. The zero-order chi connectivity index (χ0) is 17.9. The van der Waals surface area contributed by atoms with Gasteiger partial charge in [-0.2, -0.15) is 4.31 Å². The Labute approximate surface area is 146 Å². The molecular formula is C17H17N3O4S. The van der Waals surface area contributed by atoms with Crippen molar-refractivity contribution in [3.05, 3.63) is 61.3 Å². The first-order chi connectivity index (χ1) is 12.0. The fourth-order valence-corrected chi connectivity index (χ4v) is 3.80. The quantitative estimate of drug-likeness (QED) is 0.791. The van der Waals surface area contributed by atoms with Crippen LogP contribution in [-0.2, 0) is 14.8 Å². The highest BCUT2D eigenvalue weighted by Gasteiger charge is 2.37. The van der Waals surface area contributed by atoms with Crippen molar-refractivity contribution in [1.82, 2.24) is 14.6 Å². The minimum Gasteiger partial charge on any atom is -0.439 e. The Morgan fingerprint density at radius 3 is 2.56 bits per heavy atom. The molecule has 0 bridgehead atoms. The molecule has 25 heavy (non-hydrogen) atoms. The van der Waals surface area contributed by atoms with Gasteiger partial charge in [-0.1, -0.05) is 24.8 Å². The molecule has 1 aromatic heterocycles. The number of hydrogen-bond donors (Lipinski definition) is 1. The first-order valence-electron chi connectivity index (χ1n) is 7.61. The van der Waals surface area contributed by atoms with Crippen LogP contribution in [0.15, 0.2) is 66.2 Å². The largest absolute Gasteiger partial charge is 0.439 e. The molecule has 1 aliphatic rings. The van der Waals surface area contributed by atoms with Gasteiger partial charge in [0, 0.05) is 19.2 Å². The van der Waals surface area contributed by atoms with E-state index < -0.39 is 10.0 Å². The maximum Gasteiger partial charge on any atom is 0.244 e. The van der Waals surface area contributed by atoms with Gasteiger partial charge in [-0.05, 0) is 24.3 Å². The SMILES string of the molecule is C=CC(=O)NC1CN(S(=O)(=O)c2ccc(Oc3ccccc3)nc2)C1. The standard InChI is InChI=1S/C17H17N3O4S/c1-2-16(21)19-13-11-20(12-13)25(22,23)15-8-9-17(18-10-15)24-14-6-4-3-5-7-14/h2-10,13H,1,11-12H2,(H,19,21). The van der Waals surface area contributed by atoms with E-state index in [1.54, 1.807) is 12.1 Å². The molecule has 0 atom stereocenters. The van der Waals surface area contributed by atoms with Gasteiger partial charge in [-0.25, -0.2) is 13.4 Å². The average Bonchev–Trinajstić information content (AvgIpc) is 2.58. The smallest absolute Gasteiger partial charge is 0.244 e. The lowest BCUT2D eigenvalue weighted by atomic mass is 10.2. The molecular weight excluding hydrogens is 342 g/mol. The van der Waals surface area contributed by atoms with Gasteiger partial charge in [-0.15, -0.1) is 0 Å². The van der Waals surface area contributed by atoms with Crippen LogP contribution in [0.5, 0.6) is 11.6 Å². The summed E-state index contributed by atoms with van der Waals surface area (Å²) in [4.78, 5) is 15.3. The van der Waals surface area contributed by atoms with Crippen LogP contribution in [0, 0.1) is 0 Å². The molecule has 0 unspecified atom stereocenters. The van der Waals surface area contributed by atoms with Crippen LogP contribution >= 0.6 is 0 Å². The molecule has 130 valence electrons. The summed E-state index contributed by atoms with van der Waals surface area (Å²) in [6.45, 7) is 3.81. The van der Waals surface area contributed by atoms with E-state index in [1.807, 2.05) is 18.2 Å². The summed E-state index contributed by atoms with van der Waals surface area (Å²) in [6, 6.07) is 11.9. The molecule has 1 saturated heterocycles. The molecule has 3 rings (SSSR count). The van der Waals surface area contributed by atoms with Gasteiger partial charge in [0.15, 0.2) is 0 Å². The van der Waals surface area contributed by atoms with E-state index in [2.05, 4.69) is 16.9 Å². The summed E-state index contributed by atoms with van der Waals surface area (Å²) in [7, 11) is -3.63. The molecule has 7 nitrogen and oxygen atoms in total. The number of ether oxygens (including phenoxy) is 1. The van der Waals surface area contributed by atoms with Crippen LogP contribution in [0.2, 0.25) is 0 Å². The van der Waals surface area contributed by atoms with Crippen molar-refractivity contribution in [1.29, 1.82) is 0 Å². The summed E-state index contributed by atoms with van der Waals surface area (Å²) in [5.74, 6) is 0.616. The second-order valence-corrected chi connectivity index (χ2v) is 7.42. The van der Waals surface area contributed by atoms with Gasteiger partial charge < -0.3 is 10.1 Å². The van der Waals surface area contributed by atoms with E-state index >= 15 is 0 Å². The highest BCUT2D eigenvalue weighted by atomic mass is 32.2. The third-order valence-electron chi connectivity index (χ3n) is 3.69. The van der Waals surface area contributed by atoms with Crippen molar-refractivity contribution < 1.29 is 17.9 Å². The van der Waals surface area contributed by atoms with Crippen LogP contribution in [0.25, 0.3) is 0 Å². The average molecular weight is 359 g/mol. The predicted octanol–water partition coefficient (Wildman–Crippen LogP) is 1.55.